The van der Waals surface area contributed by atoms with E-state index in [2.05, 4.69) is 25.9 Å². The van der Waals surface area contributed by atoms with Gasteiger partial charge >= 0.3 is 0 Å². The van der Waals surface area contributed by atoms with Gasteiger partial charge in [0.2, 0.25) is 0 Å². The van der Waals surface area contributed by atoms with E-state index in [-0.39, 0.29) is 11.4 Å². The molecule has 0 aliphatic heterocycles. The molecular formula is C11H11N7O. The normalized spacial score (nSPS) is 10.8. The third-order valence-corrected chi connectivity index (χ3v) is 2.79. The van der Waals surface area contributed by atoms with Crippen LogP contribution in [0.3, 0.4) is 0 Å². The minimum atomic E-state index is -0.375. The van der Waals surface area contributed by atoms with Crippen LogP contribution in [-0.2, 0) is 0 Å². The number of benzene rings is 1. The van der Waals surface area contributed by atoms with E-state index in [1.165, 1.54) is 4.68 Å². The third-order valence-electron chi connectivity index (χ3n) is 2.79. The molecule has 19 heavy (non-hydrogen) atoms. The quantitative estimate of drug-likeness (QED) is 0.443. The van der Waals surface area contributed by atoms with Crippen molar-refractivity contribution in [2.24, 2.45) is 5.84 Å². The third kappa shape index (κ3) is 1.74. The Kier molecular flexibility index (Phi) is 2.50. The van der Waals surface area contributed by atoms with Crippen molar-refractivity contribution < 1.29 is 0 Å². The number of nitrogens with two attached hydrogens (primary N) is 1. The first-order valence-corrected chi connectivity index (χ1v) is 5.58. The number of hydrazine groups is 1. The van der Waals surface area contributed by atoms with Crippen molar-refractivity contribution in [1.82, 2.24) is 25.2 Å². The Hall–Kier alpha value is -2.74. The fourth-order valence-corrected chi connectivity index (χ4v) is 1.82. The van der Waals surface area contributed by atoms with Gasteiger partial charge in [0.25, 0.3) is 5.56 Å². The number of fused-ring (bicyclic) bond motifs is 1. The van der Waals surface area contributed by atoms with Gasteiger partial charge in [-0.2, -0.15) is 5.10 Å². The highest BCUT2D eigenvalue weighted by molar-refractivity contribution is 5.84. The van der Waals surface area contributed by atoms with E-state index in [1.54, 1.807) is 0 Å². The molecule has 0 bridgehead atoms. The Bertz CT molecular complexity index is 787. The molecular weight excluding hydrogens is 246 g/mol. The number of hydrogen-bond acceptors (Lipinski definition) is 6. The fourth-order valence-electron chi connectivity index (χ4n) is 1.82. The minimum absolute atomic E-state index is 0.271. The lowest BCUT2D eigenvalue weighted by atomic mass is 10.2. The van der Waals surface area contributed by atoms with Gasteiger partial charge in [-0.05, 0) is 19.1 Å². The van der Waals surface area contributed by atoms with E-state index in [0.29, 0.717) is 11.0 Å². The number of nitrogens with zero attached hydrogens (tertiary/aromatic N) is 4. The highest BCUT2D eigenvalue weighted by Gasteiger charge is 2.14. The maximum absolute atomic E-state index is 11.9. The van der Waals surface area contributed by atoms with Crippen LogP contribution in [0.25, 0.3) is 16.7 Å². The zero-order valence-corrected chi connectivity index (χ0v) is 10.1. The van der Waals surface area contributed by atoms with E-state index in [1.807, 2.05) is 31.2 Å². The highest BCUT2D eigenvalue weighted by atomic mass is 16.1. The number of aromatic amines is 1. The van der Waals surface area contributed by atoms with Crippen LogP contribution in [0, 0.1) is 6.92 Å². The summed E-state index contributed by atoms with van der Waals surface area (Å²) >= 11 is 0. The summed E-state index contributed by atoms with van der Waals surface area (Å²) < 4.78 is 1.45. The minimum Gasteiger partial charge on any atom is -0.305 e. The smallest absolute Gasteiger partial charge is 0.292 e. The summed E-state index contributed by atoms with van der Waals surface area (Å²) in [7, 11) is 0. The van der Waals surface area contributed by atoms with Crippen LogP contribution in [-0.4, -0.2) is 25.2 Å². The molecule has 96 valence electrons. The van der Waals surface area contributed by atoms with Gasteiger partial charge in [0.1, 0.15) is 0 Å². The summed E-state index contributed by atoms with van der Waals surface area (Å²) in [5.74, 6) is 5.59. The lowest BCUT2D eigenvalue weighted by molar-refractivity contribution is 0.820. The summed E-state index contributed by atoms with van der Waals surface area (Å²) in [5.41, 5.74) is 4.48. The van der Waals surface area contributed by atoms with Gasteiger partial charge in [0.15, 0.2) is 16.9 Å². The van der Waals surface area contributed by atoms with Gasteiger partial charge < -0.3 is 5.43 Å². The zero-order valence-electron chi connectivity index (χ0n) is 10.1. The van der Waals surface area contributed by atoms with Gasteiger partial charge in [-0.1, -0.05) is 22.9 Å². The second-order valence-electron chi connectivity index (χ2n) is 4.08. The summed E-state index contributed by atoms with van der Waals surface area (Å²) in [5, 5.41) is 14.0. The Morgan fingerprint density at radius 1 is 1.32 bits per heavy atom. The number of hydrogen-bond donors (Lipinski definition) is 3. The van der Waals surface area contributed by atoms with E-state index in [9.17, 15) is 4.79 Å². The number of anilines is 1. The molecule has 4 N–H and O–H groups in total. The summed E-state index contributed by atoms with van der Waals surface area (Å²) in [4.78, 5) is 11.9. The number of aryl methyl sites for hydroxylation is 1. The first-order chi connectivity index (χ1) is 9.20. The standard InChI is InChI=1S/C11H11N7O/c1-6-2-4-7(5-3-6)18-9-8(14-17-18)10(13-12)15-16-11(9)19/h2-5H,12H2,1H3,(H,13,15)(H,16,19). The maximum atomic E-state index is 11.9. The molecule has 0 radical (unpaired) electrons. The first kappa shape index (κ1) is 11.4. The monoisotopic (exact) mass is 257 g/mol. The molecule has 2 heterocycles. The number of rotatable bonds is 2. The molecule has 0 atom stereocenters. The van der Waals surface area contributed by atoms with Crippen LogP contribution in [0.4, 0.5) is 5.82 Å². The fraction of sp³-hybridized carbons (Fsp3) is 0.0909. The predicted octanol–water partition coefficient (Wildman–Crippen LogP) is 0.0978. The van der Waals surface area contributed by atoms with Crippen LogP contribution in [0.1, 0.15) is 5.56 Å². The van der Waals surface area contributed by atoms with Crippen molar-refractivity contribution in [1.29, 1.82) is 0 Å². The molecule has 0 spiro atoms. The van der Waals surface area contributed by atoms with E-state index < -0.39 is 0 Å². The largest absolute Gasteiger partial charge is 0.305 e. The van der Waals surface area contributed by atoms with Crippen LogP contribution in [0.15, 0.2) is 29.1 Å². The Morgan fingerprint density at radius 2 is 2.05 bits per heavy atom. The maximum Gasteiger partial charge on any atom is 0.292 e. The van der Waals surface area contributed by atoms with Crippen LogP contribution in [0.5, 0.6) is 0 Å². The zero-order chi connectivity index (χ0) is 13.4. The van der Waals surface area contributed by atoms with Crippen molar-refractivity contribution in [3.05, 3.63) is 40.2 Å². The molecule has 0 aliphatic rings. The molecule has 0 aliphatic carbocycles. The van der Waals surface area contributed by atoms with E-state index in [4.69, 9.17) is 5.84 Å². The first-order valence-electron chi connectivity index (χ1n) is 5.58. The van der Waals surface area contributed by atoms with E-state index in [0.717, 1.165) is 11.3 Å². The molecule has 0 saturated heterocycles. The molecule has 2 aromatic heterocycles. The number of H-pyrrole nitrogens is 1. The van der Waals surface area contributed by atoms with Gasteiger partial charge in [-0.3, -0.25) is 4.79 Å². The second kappa shape index (κ2) is 4.18. The number of nitrogen functional groups attached to an aromatic ring is 1. The van der Waals surface area contributed by atoms with Gasteiger partial charge in [0, 0.05) is 0 Å². The second-order valence-corrected chi connectivity index (χ2v) is 4.08. The molecule has 1 aromatic carbocycles. The molecule has 0 unspecified atom stereocenters. The summed E-state index contributed by atoms with van der Waals surface area (Å²) in [6, 6.07) is 7.58. The van der Waals surface area contributed by atoms with Crippen LogP contribution >= 0.6 is 0 Å². The van der Waals surface area contributed by atoms with Crippen molar-refractivity contribution in [3.8, 4) is 5.69 Å². The van der Waals surface area contributed by atoms with Gasteiger partial charge in [-0.15, -0.1) is 5.10 Å². The van der Waals surface area contributed by atoms with Crippen molar-refractivity contribution in [3.63, 3.8) is 0 Å². The molecule has 3 rings (SSSR count). The average Bonchev–Trinajstić information content (AvgIpc) is 2.86. The van der Waals surface area contributed by atoms with Crippen molar-refractivity contribution in [2.45, 2.75) is 6.92 Å². The summed E-state index contributed by atoms with van der Waals surface area (Å²) in [6.45, 7) is 1.98. The molecule has 0 amide bonds. The van der Waals surface area contributed by atoms with Crippen LogP contribution < -0.4 is 16.8 Å². The Morgan fingerprint density at radius 3 is 2.74 bits per heavy atom. The number of aromatic nitrogens is 5. The lowest BCUT2D eigenvalue weighted by Gasteiger charge is -2.02. The van der Waals surface area contributed by atoms with Crippen LogP contribution in [0.2, 0.25) is 0 Å². The highest BCUT2D eigenvalue weighted by Crippen LogP contribution is 2.17. The molecule has 0 saturated carbocycles. The average molecular weight is 257 g/mol. The van der Waals surface area contributed by atoms with Crippen molar-refractivity contribution >= 4 is 16.9 Å². The topological polar surface area (TPSA) is 115 Å². The molecule has 8 nitrogen and oxygen atoms in total. The Balaban J connectivity index is 2.31. The van der Waals surface area contributed by atoms with E-state index >= 15 is 0 Å². The molecule has 8 heteroatoms. The molecule has 0 fully saturated rings. The number of nitrogens with one attached hydrogen (secondary N) is 2. The predicted molar refractivity (Wildman–Crippen MR) is 69.8 cm³/mol. The Labute approximate surface area is 107 Å². The SMILES string of the molecule is Cc1ccc(-n2nnc3c(NN)n[nH]c(=O)c32)cc1. The van der Waals surface area contributed by atoms with Gasteiger partial charge in [0.05, 0.1) is 5.69 Å². The summed E-state index contributed by atoms with van der Waals surface area (Å²) in [6.07, 6.45) is 0. The molecule has 3 aromatic rings. The van der Waals surface area contributed by atoms with Crippen molar-refractivity contribution in [2.75, 3.05) is 5.43 Å². The van der Waals surface area contributed by atoms with Gasteiger partial charge in [-0.25, -0.2) is 15.6 Å². The lowest BCUT2D eigenvalue weighted by Crippen LogP contribution is -2.17.